The molecule has 0 radical (unpaired) electrons. The van der Waals surface area contributed by atoms with Gasteiger partial charge in [0.25, 0.3) is 0 Å². The largest absolute Gasteiger partial charge is 0.487 e. The van der Waals surface area contributed by atoms with E-state index in [4.69, 9.17) is 4.74 Å². The number of carbonyl (C=O) groups is 1. The van der Waals surface area contributed by atoms with Crippen molar-refractivity contribution in [2.45, 2.75) is 6.61 Å². The number of hydrogen-bond donors (Lipinski definition) is 1. The van der Waals surface area contributed by atoms with Crippen molar-refractivity contribution in [2.24, 2.45) is 0 Å². The van der Waals surface area contributed by atoms with E-state index in [1.165, 1.54) is 6.08 Å². The molecule has 0 bridgehead atoms. The summed E-state index contributed by atoms with van der Waals surface area (Å²) in [7, 11) is 0. The van der Waals surface area contributed by atoms with E-state index in [-0.39, 0.29) is 5.91 Å². The van der Waals surface area contributed by atoms with Crippen LogP contribution >= 0.6 is 11.3 Å². The Morgan fingerprint density at radius 1 is 1.22 bits per heavy atom. The third-order valence-corrected chi connectivity index (χ3v) is 4.57. The molecule has 3 aromatic heterocycles. The summed E-state index contributed by atoms with van der Waals surface area (Å²) in [5.74, 6) is 0.491. The molecular weight excluding hydrogens is 358 g/mol. The number of hydrogen-bond acceptors (Lipinski definition) is 4. The first-order valence-electron chi connectivity index (χ1n) is 8.43. The van der Waals surface area contributed by atoms with Crippen molar-refractivity contribution in [3.63, 3.8) is 0 Å². The summed E-state index contributed by atoms with van der Waals surface area (Å²) in [6, 6.07) is 15.1. The number of carbonyl (C=O) groups excluding carboxylic acids is 1. The lowest BCUT2D eigenvalue weighted by Crippen LogP contribution is -2.07. The highest BCUT2D eigenvalue weighted by Crippen LogP contribution is 2.19. The van der Waals surface area contributed by atoms with E-state index in [0.717, 1.165) is 16.9 Å². The molecule has 0 saturated carbocycles. The Bertz CT molecular complexity index is 1050. The van der Waals surface area contributed by atoms with Gasteiger partial charge in [0, 0.05) is 30.2 Å². The Kier molecular flexibility index (Phi) is 4.98. The van der Waals surface area contributed by atoms with Crippen molar-refractivity contribution in [3.05, 3.63) is 89.0 Å². The molecule has 5 nitrogen and oxygen atoms in total. The van der Waals surface area contributed by atoms with E-state index in [0.29, 0.717) is 18.0 Å². The van der Waals surface area contributed by atoms with Crippen LogP contribution in [-0.4, -0.2) is 15.3 Å². The van der Waals surface area contributed by atoms with Gasteiger partial charge in [-0.15, -0.1) is 0 Å². The van der Waals surface area contributed by atoms with Gasteiger partial charge in [0.1, 0.15) is 18.0 Å². The number of imidazole rings is 1. The maximum atomic E-state index is 12.0. The first kappa shape index (κ1) is 17.1. The van der Waals surface area contributed by atoms with E-state index in [1.54, 1.807) is 23.5 Å². The number of pyridine rings is 1. The average molecular weight is 375 g/mol. The zero-order chi connectivity index (χ0) is 18.5. The van der Waals surface area contributed by atoms with Gasteiger partial charge in [0.15, 0.2) is 0 Å². The number of amides is 1. The van der Waals surface area contributed by atoms with E-state index < -0.39 is 0 Å². The zero-order valence-electron chi connectivity index (χ0n) is 14.4. The van der Waals surface area contributed by atoms with Crippen LogP contribution in [0.15, 0.2) is 77.8 Å². The molecule has 4 rings (SSSR count). The highest BCUT2D eigenvalue weighted by Gasteiger charge is 2.04. The Hall–Kier alpha value is -3.38. The molecular formula is C21H17N3O2S. The van der Waals surface area contributed by atoms with E-state index in [1.807, 2.05) is 70.0 Å². The topological polar surface area (TPSA) is 55.6 Å². The van der Waals surface area contributed by atoms with E-state index in [2.05, 4.69) is 10.3 Å². The summed E-state index contributed by atoms with van der Waals surface area (Å²) in [6.45, 7) is 0.358. The van der Waals surface area contributed by atoms with Gasteiger partial charge >= 0.3 is 0 Å². The van der Waals surface area contributed by atoms with Gasteiger partial charge in [-0.1, -0.05) is 12.1 Å². The van der Waals surface area contributed by atoms with Crippen LogP contribution in [0.3, 0.4) is 0 Å². The molecule has 0 aliphatic carbocycles. The molecule has 0 spiro atoms. The van der Waals surface area contributed by atoms with Gasteiger partial charge in [-0.25, -0.2) is 4.98 Å². The van der Waals surface area contributed by atoms with Crippen LogP contribution in [0, 0.1) is 0 Å². The summed E-state index contributed by atoms with van der Waals surface area (Å²) < 4.78 is 7.77. The number of anilines is 1. The maximum Gasteiger partial charge on any atom is 0.248 e. The molecule has 6 heteroatoms. The smallest absolute Gasteiger partial charge is 0.248 e. The summed E-state index contributed by atoms with van der Waals surface area (Å²) in [4.78, 5) is 16.6. The van der Waals surface area contributed by atoms with E-state index >= 15 is 0 Å². The number of ether oxygens (including phenoxy) is 1. The second kappa shape index (κ2) is 7.88. The summed E-state index contributed by atoms with van der Waals surface area (Å²) in [6.07, 6.45) is 7.20. The van der Waals surface area contributed by atoms with Crippen LogP contribution in [0.1, 0.15) is 11.3 Å². The molecule has 134 valence electrons. The second-order valence-electron chi connectivity index (χ2n) is 5.89. The third kappa shape index (κ3) is 4.43. The molecule has 0 fully saturated rings. The fourth-order valence-electron chi connectivity index (χ4n) is 2.60. The van der Waals surface area contributed by atoms with Crippen LogP contribution < -0.4 is 10.1 Å². The lowest BCUT2D eigenvalue weighted by molar-refractivity contribution is -0.111. The fraction of sp³-hybridized carbons (Fsp3) is 0.0476. The van der Waals surface area contributed by atoms with Crippen molar-refractivity contribution in [2.75, 3.05) is 5.32 Å². The molecule has 1 aromatic carbocycles. The standard InChI is InChI=1S/C21H17N3O2S/c25-21(8-7-16-9-11-27-15-16)23-17-4-3-5-19(12-17)26-14-18-13-24-10-2-1-6-20(24)22-18/h1-13,15H,14H2,(H,23,25)/b8-7+. The minimum Gasteiger partial charge on any atom is -0.487 e. The Balaban J connectivity index is 1.37. The van der Waals surface area contributed by atoms with Crippen molar-refractivity contribution >= 4 is 34.7 Å². The Morgan fingerprint density at radius 3 is 3.04 bits per heavy atom. The van der Waals surface area contributed by atoms with Gasteiger partial charge in [-0.3, -0.25) is 4.79 Å². The van der Waals surface area contributed by atoms with Gasteiger partial charge in [-0.2, -0.15) is 11.3 Å². The van der Waals surface area contributed by atoms with Crippen molar-refractivity contribution in [3.8, 4) is 5.75 Å². The zero-order valence-corrected chi connectivity index (χ0v) is 15.2. The van der Waals surface area contributed by atoms with Crippen molar-refractivity contribution in [1.29, 1.82) is 0 Å². The highest BCUT2D eigenvalue weighted by molar-refractivity contribution is 7.08. The predicted molar refractivity (Wildman–Crippen MR) is 108 cm³/mol. The SMILES string of the molecule is O=C(/C=C/c1ccsc1)Nc1cccc(OCc2cn3ccccc3n2)c1. The number of benzene rings is 1. The summed E-state index contributed by atoms with van der Waals surface area (Å²) in [5, 5.41) is 6.80. The van der Waals surface area contributed by atoms with Crippen molar-refractivity contribution < 1.29 is 9.53 Å². The molecule has 27 heavy (non-hydrogen) atoms. The second-order valence-corrected chi connectivity index (χ2v) is 6.67. The minimum absolute atomic E-state index is 0.182. The van der Waals surface area contributed by atoms with Gasteiger partial charge < -0.3 is 14.5 Å². The minimum atomic E-state index is -0.182. The number of thiophene rings is 1. The third-order valence-electron chi connectivity index (χ3n) is 3.87. The van der Waals surface area contributed by atoms with Crippen LogP contribution in [0.4, 0.5) is 5.69 Å². The molecule has 0 saturated heterocycles. The maximum absolute atomic E-state index is 12.0. The number of aromatic nitrogens is 2. The molecule has 0 unspecified atom stereocenters. The monoisotopic (exact) mass is 375 g/mol. The first-order chi connectivity index (χ1) is 13.3. The molecule has 1 amide bonds. The lowest BCUT2D eigenvalue weighted by Gasteiger charge is -2.07. The molecule has 0 aliphatic rings. The van der Waals surface area contributed by atoms with Crippen LogP contribution in [0.25, 0.3) is 11.7 Å². The number of rotatable bonds is 6. The molecule has 0 atom stereocenters. The van der Waals surface area contributed by atoms with Crippen LogP contribution in [0.2, 0.25) is 0 Å². The Labute approximate surface area is 160 Å². The quantitative estimate of drug-likeness (QED) is 0.500. The number of nitrogens with zero attached hydrogens (tertiary/aromatic N) is 2. The molecule has 1 N–H and O–H groups in total. The highest BCUT2D eigenvalue weighted by atomic mass is 32.1. The number of fused-ring (bicyclic) bond motifs is 1. The fourth-order valence-corrected chi connectivity index (χ4v) is 3.23. The Morgan fingerprint density at radius 2 is 2.19 bits per heavy atom. The molecule has 4 aromatic rings. The molecule has 3 heterocycles. The van der Waals surface area contributed by atoms with Gasteiger partial charge in [-0.05, 0) is 52.7 Å². The van der Waals surface area contributed by atoms with E-state index in [9.17, 15) is 4.79 Å². The summed E-state index contributed by atoms with van der Waals surface area (Å²) in [5.41, 5.74) is 3.42. The van der Waals surface area contributed by atoms with Gasteiger partial charge in [0.2, 0.25) is 5.91 Å². The first-order valence-corrected chi connectivity index (χ1v) is 9.37. The average Bonchev–Trinajstić information content (AvgIpc) is 3.34. The molecule has 0 aliphatic heterocycles. The normalized spacial score (nSPS) is 11.1. The van der Waals surface area contributed by atoms with Crippen LogP contribution in [0.5, 0.6) is 5.75 Å². The predicted octanol–water partition coefficient (Wildman–Crippen LogP) is 4.63. The van der Waals surface area contributed by atoms with Gasteiger partial charge in [0.05, 0.1) is 5.69 Å². The van der Waals surface area contributed by atoms with Crippen LogP contribution in [-0.2, 0) is 11.4 Å². The summed E-state index contributed by atoms with van der Waals surface area (Å²) >= 11 is 1.60. The lowest BCUT2D eigenvalue weighted by atomic mass is 10.3. The number of nitrogens with one attached hydrogen (secondary N) is 1. The van der Waals surface area contributed by atoms with Crippen molar-refractivity contribution in [1.82, 2.24) is 9.38 Å².